The van der Waals surface area contributed by atoms with Crippen LogP contribution in [0.4, 0.5) is 5.69 Å². The Labute approximate surface area is 95.4 Å². The first-order valence-electron chi connectivity index (χ1n) is 5.11. The largest absolute Gasteiger partial charge is 0.396 e. The molecule has 0 atom stereocenters. The number of anilines is 1. The van der Waals surface area contributed by atoms with Crippen molar-refractivity contribution in [3.05, 3.63) is 11.9 Å². The second-order valence-electron chi connectivity index (χ2n) is 3.80. The first kappa shape index (κ1) is 11.1. The number of hydrogen-bond donors (Lipinski definition) is 3. The fraction of sp³-hybridized carbons (Fsp3) is 0.556. The molecule has 88 valence electrons. The molecule has 1 aromatic heterocycles. The highest BCUT2D eigenvalue weighted by Crippen LogP contribution is 2.11. The number of hydrogen-bond acceptors (Lipinski definition) is 4. The lowest BCUT2D eigenvalue weighted by molar-refractivity contribution is 0.0930. The quantitative estimate of drug-likeness (QED) is 0.658. The molecule has 6 nitrogen and oxygen atoms in total. The van der Waals surface area contributed by atoms with Crippen LogP contribution in [0.3, 0.4) is 0 Å². The van der Waals surface area contributed by atoms with Crippen molar-refractivity contribution >= 4 is 22.4 Å². The SMILES string of the molecule is Nc1cn[nH]c1C(=O)NC1CCS(=O)CC1. The minimum absolute atomic E-state index is 0.0906. The van der Waals surface area contributed by atoms with Gasteiger partial charge in [-0.15, -0.1) is 0 Å². The lowest BCUT2D eigenvalue weighted by Gasteiger charge is -2.22. The number of amides is 1. The molecule has 1 fully saturated rings. The van der Waals surface area contributed by atoms with Crippen LogP contribution >= 0.6 is 0 Å². The third kappa shape index (κ3) is 2.41. The van der Waals surface area contributed by atoms with E-state index in [1.165, 1.54) is 6.20 Å². The fourth-order valence-corrected chi connectivity index (χ4v) is 2.97. The molecule has 7 heteroatoms. The van der Waals surface area contributed by atoms with Crippen molar-refractivity contribution < 1.29 is 9.00 Å². The number of aromatic amines is 1. The smallest absolute Gasteiger partial charge is 0.271 e. The van der Waals surface area contributed by atoms with Gasteiger partial charge in [0.2, 0.25) is 0 Å². The third-order valence-corrected chi connectivity index (χ3v) is 4.00. The van der Waals surface area contributed by atoms with Gasteiger partial charge in [-0.25, -0.2) is 0 Å². The van der Waals surface area contributed by atoms with Crippen LogP contribution in [-0.4, -0.2) is 37.9 Å². The summed E-state index contributed by atoms with van der Waals surface area (Å²) in [5.41, 5.74) is 6.21. The van der Waals surface area contributed by atoms with Crippen LogP contribution in [0.5, 0.6) is 0 Å². The number of nitrogens with zero attached hydrogens (tertiary/aromatic N) is 1. The first-order chi connectivity index (χ1) is 7.66. The summed E-state index contributed by atoms with van der Waals surface area (Å²) in [5.74, 6) is 1.07. The summed E-state index contributed by atoms with van der Waals surface area (Å²) < 4.78 is 11.1. The standard InChI is InChI=1S/C9H14N4O2S/c10-7-5-11-13-8(7)9(14)12-6-1-3-16(15)4-2-6/h5-6H,1-4,10H2,(H,11,13)(H,12,14). The number of nitrogens with one attached hydrogen (secondary N) is 2. The Bertz CT molecular complexity index is 407. The number of aromatic nitrogens is 2. The molecule has 16 heavy (non-hydrogen) atoms. The molecule has 1 aromatic rings. The van der Waals surface area contributed by atoms with Gasteiger partial charge in [-0.2, -0.15) is 5.10 Å². The first-order valence-corrected chi connectivity index (χ1v) is 6.60. The van der Waals surface area contributed by atoms with Crippen LogP contribution in [0.15, 0.2) is 6.20 Å². The van der Waals surface area contributed by atoms with Gasteiger partial charge in [-0.1, -0.05) is 0 Å². The van der Waals surface area contributed by atoms with Crippen LogP contribution in [-0.2, 0) is 10.8 Å². The average molecular weight is 242 g/mol. The summed E-state index contributed by atoms with van der Waals surface area (Å²) in [7, 11) is -0.713. The molecule has 0 saturated carbocycles. The van der Waals surface area contributed by atoms with E-state index >= 15 is 0 Å². The van der Waals surface area contributed by atoms with Gasteiger partial charge in [-0.05, 0) is 12.8 Å². The molecule has 1 saturated heterocycles. The third-order valence-electron chi connectivity index (χ3n) is 2.62. The highest BCUT2D eigenvalue weighted by Gasteiger charge is 2.21. The van der Waals surface area contributed by atoms with E-state index in [-0.39, 0.29) is 11.9 Å². The van der Waals surface area contributed by atoms with Crippen molar-refractivity contribution in [2.45, 2.75) is 18.9 Å². The zero-order valence-corrected chi connectivity index (χ0v) is 9.55. The molecule has 2 heterocycles. The zero-order valence-electron chi connectivity index (χ0n) is 8.73. The lowest BCUT2D eigenvalue weighted by Crippen LogP contribution is -2.39. The Balaban J connectivity index is 1.93. The Morgan fingerprint density at radius 3 is 2.81 bits per heavy atom. The Morgan fingerprint density at radius 1 is 1.56 bits per heavy atom. The summed E-state index contributed by atoms with van der Waals surface area (Å²) >= 11 is 0. The molecule has 1 aliphatic heterocycles. The summed E-state index contributed by atoms with van der Waals surface area (Å²) in [6.07, 6.45) is 2.92. The topological polar surface area (TPSA) is 101 Å². The molecule has 0 spiro atoms. The predicted octanol–water partition coefficient (Wildman–Crippen LogP) is -0.367. The van der Waals surface area contributed by atoms with Gasteiger partial charge in [0.15, 0.2) is 0 Å². The average Bonchev–Trinajstić information content (AvgIpc) is 2.68. The second kappa shape index (κ2) is 4.65. The number of carbonyl (C=O) groups is 1. The molecule has 0 unspecified atom stereocenters. The molecule has 0 aliphatic carbocycles. The highest BCUT2D eigenvalue weighted by molar-refractivity contribution is 7.85. The highest BCUT2D eigenvalue weighted by atomic mass is 32.2. The number of nitrogen functional groups attached to an aromatic ring is 1. The van der Waals surface area contributed by atoms with Crippen LogP contribution in [0, 0.1) is 0 Å². The molecule has 0 aromatic carbocycles. The van der Waals surface area contributed by atoms with Crippen molar-refractivity contribution in [2.24, 2.45) is 0 Å². The van der Waals surface area contributed by atoms with E-state index in [0.717, 1.165) is 12.8 Å². The molecule has 2 rings (SSSR count). The summed E-state index contributed by atoms with van der Waals surface area (Å²) in [5, 5.41) is 9.10. The summed E-state index contributed by atoms with van der Waals surface area (Å²) in [4.78, 5) is 11.7. The minimum atomic E-state index is -0.713. The van der Waals surface area contributed by atoms with Gasteiger partial charge >= 0.3 is 0 Å². The van der Waals surface area contributed by atoms with E-state index in [1.54, 1.807) is 0 Å². The molecular formula is C9H14N4O2S. The monoisotopic (exact) mass is 242 g/mol. The van der Waals surface area contributed by atoms with Gasteiger partial charge in [0, 0.05) is 28.3 Å². The molecule has 0 radical (unpaired) electrons. The normalized spacial score (nSPS) is 25.2. The Hall–Kier alpha value is -1.37. The van der Waals surface area contributed by atoms with E-state index in [0.29, 0.717) is 22.9 Å². The Morgan fingerprint density at radius 2 is 2.25 bits per heavy atom. The van der Waals surface area contributed by atoms with Gasteiger partial charge < -0.3 is 11.1 Å². The van der Waals surface area contributed by atoms with E-state index in [2.05, 4.69) is 15.5 Å². The van der Waals surface area contributed by atoms with E-state index in [9.17, 15) is 9.00 Å². The summed E-state index contributed by atoms with van der Waals surface area (Å²) in [6, 6.07) is 0.0906. The van der Waals surface area contributed by atoms with Crippen molar-refractivity contribution in [2.75, 3.05) is 17.2 Å². The van der Waals surface area contributed by atoms with Crippen LogP contribution < -0.4 is 11.1 Å². The molecule has 0 bridgehead atoms. The second-order valence-corrected chi connectivity index (χ2v) is 5.49. The van der Waals surface area contributed by atoms with Crippen LogP contribution in [0.25, 0.3) is 0 Å². The van der Waals surface area contributed by atoms with Crippen molar-refractivity contribution in [3.8, 4) is 0 Å². The molecule has 1 aliphatic rings. The van der Waals surface area contributed by atoms with E-state index in [1.807, 2.05) is 0 Å². The molecular weight excluding hydrogens is 228 g/mol. The van der Waals surface area contributed by atoms with Gasteiger partial charge in [0.05, 0.1) is 11.9 Å². The number of rotatable bonds is 2. The van der Waals surface area contributed by atoms with Gasteiger partial charge in [-0.3, -0.25) is 14.1 Å². The maximum absolute atomic E-state index is 11.7. The van der Waals surface area contributed by atoms with Crippen LogP contribution in [0.1, 0.15) is 23.3 Å². The zero-order chi connectivity index (χ0) is 11.5. The summed E-state index contributed by atoms with van der Waals surface area (Å²) in [6.45, 7) is 0. The maximum atomic E-state index is 11.7. The van der Waals surface area contributed by atoms with Crippen LogP contribution in [0.2, 0.25) is 0 Å². The van der Waals surface area contributed by atoms with E-state index < -0.39 is 10.8 Å². The van der Waals surface area contributed by atoms with Crippen molar-refractivity contribution in [1.29, 1.82) is 0 Å². The van der Waals surface area contributed by atoms with Gasteiger partial charge in [0.1, 0.15) is 5.69 Å². The Kier molecular flexibility index (Phi) is 3.23. The predicted molar refractivity (Wildman–Crippen MR) is 61.4 cm³/mol. The minimum Gasteiger partial charge on any atom is -0.396 e. The van der Waals surface area contributed by atoms with Crippen molar-refractivity contribution in [1.82, 2.24) is 15.5 Å². The maximum Gasteiger partial charge on any atom is 0.271 e. The number of carbonyl (C=O) groups excluding carboxylic acids is 1. The van der Waals surface area contributed by atoms with E-state index in [4.69, 9.17) is 5.73 Å². The fourth-order valence-electron chi connectivity index (χ4n) is 1.67. The lowest BCUT2D eigenvalue weighted by atomic mass is 10.1. The van der Waals surface area contributed by atoms with Crippen molar-refractivity contribution in [3.63, 3.8) is 0 Å². The molecule has 1 amide bonds. The molecule has 4 N–H and O–H groups in total. The number of H-pyrrole nitrogens is 1. The van der Waals surface area contributed by atoms with Gasteiger partial charge in [0.25, 0.3) is 5.91 Å². The number of nitrogens with two attached hydrogens (primary N) is 1.